The molecular formula is C7H11ClN2O. The first kappa shape index (κ1) is 10.2. The van der Waals surface area contributed by atoms with E-state index < -0.39 is 0 Å². The van der Waals surface area contributed by atoms with Gasteiger partial charge in [-0.15, -0.1) is 18.0 Å². The van der Waals surface area contributed by atoms with Crippen LogP contribution in [0.4, 0.5) is 5.69 Å². The highest BCUT2D eigenvalue weighted by Crippen LogP contribution is 2.01. The minimum absolute atomic E-state index is 0. The molecule has 4 heteroatoms. The number of para-hydroxylation sites is 1. The summed E-state index contributed by atoms with van der Waals surface area (Å²) < 4.78 is 0. The number of anilines is 1. The second-order valence-electron chi connectivity index (χ2n) is 1.80. The van der Waals surface area contributed by atoms with Gasteiger partial charge in [0.1, 0.15) is 0 Å². The molecule has 1 rings (SSSR count). The normalized spacial score (nSPS) is 8.45. The molecule has 0 aromatic heterocycles. The summed E-state index contributed by atoms with van der Waals surface area (Å²) >= 11 is 0. The first-order chi connectivity index (χ1) is 4.93. The Hall–Kier alpha value is -0.770. The summed E-state index contributed by atoms with van der Waals surface area (Å²) in [5, 5.41) is 0. The number of hydrogen-bond acceptors (Lipinski definition) is 3. The van der Waals surface area contributed by atoms with Crippen LogP contribution in [0.5, 0.6) is 0 Å². The number of nitrogens with one attached hydrogen (secondary N) is 2. The molecule has 1 aromatic rings. The van der Waals surface area contributed by atoms with Gasteiger partial charge < -0.3 is 0 Å². The average molecular weight is 175 g/mol. The predicted octanol–water partition coefficient (Wildman–Crippen LogP) is 1.59. The van der Waals surface area contributed by atoms with Gasteiger partial charge in [-0.3, -0.25) is 10.3 Å². The van der Waals surface area contributed by atoms with Crippen molar-refractivity contribution in [2.75, 3.05) is 12.5 Å². The zero-order valence-corrected chi connectivity index (χ0v) is 7.02. The second-order valence-corrected chi connectivity index (χ2v) is 1.80. The highest BCUT2D eigenvalue weighted by atomic mass is 35.5. The van der Waals surface area contributed by atoms with Crippen molar-refractivity contribution >= 4 is 18.1 Å². The van der Waals surface area contributed by atoms with E-state index in [0.717, 1.165) is 5.69 Å². The Balaban J connectivity index is 0.000001000. The zero-order valence-electron chi connectivity index (χ0n) is 6.20. The molecule has 0 saturated heterocycles. The maximum absolute atomic E-state index is 4.58. The molecule has 0 fully saturated rings. The van der Waals surface area contributed by atoms with Crippen molar-refractivity contribution in [3.05, 3.63) is 30.3 Å². The first-order valence-electron chi connectivity index (χ1n) is 3.02. The van der Waals surface area contributed by atoms with E-state index in [0.29, 0.717) is 0 Å². The van der Waals surface area contributed by atoms with Gasteiger partial charge >= 0.3 is 0 Å². The Labute approximate surface area is 72.1 Å². The van der Waals surface area contributed by atoms with Crippen LogP contribution in [0.15, 0.2) is 30.3 Å². The molecule has 0 unspecified atom stereocenters. The summed E-state index contributed by atoms with van der Waals surface area (Å²) in [4.78, 5) is 4.58. The summed E-state index contributed by atoms with van der Waals surface area (Å²) in [6, 6.07) is 9.72. The largest absolute Gasteiger partial charge is 0.299 e. The fourth-order valence-corrected chi connectivity index (χ4v) is 0.631. The van der Waals surface area contributed by atoms with Crippen LogP contribution in [0.2, 0.25) is 0 Å². The summed E-state index contributed by atoms with van der Waals surface area (Å²) in [5.74, 6) is 0. The Kier molecular flexibility index (Phi) is 5.56. The topological polar surface area (TPSA) is 33.3 Å². The van der Waals surface area contributed by atoms with Crippen molar-refractivity contribution in [1.82, 2.24) is 5.59 Å². The van der Waals surface area contributed by atoms with E-state index in [9.17, 15) is 0 Å². The molecular weight excluding hydrogens is 164 g/mol. The van der Waals surface area contributed by atoms with Crippen molar-refractivity contribution in [3.8, 4) is 0 Å². The molecule has 0 bridgehead atoms. The number of hydrazine groups is 1. The summed E-state index contributed by atoms with van der Waals surface area (Å²) in [7, 11) is 1.55. The minimum Gasteiger partial charge on any atom is -0.299 e. The van der Waals surface area contributed by atoms with Gasteiger partial charge in [-0.25, -0.2) is 0 Å². The van der Waals surface area contributed by atoms with E-state index in [2.05, 4.69) is 15.9 Å². The van der Waals surface area contributed by atoms with E-state index in [1.807, 2.05) is 30.3 Å². The fourth-order valence-electron chi connectivity index (χ4n) is 0.631. The van der Waals surface area contributed by atoms with Crippen LogP contribution in [-0.4, -0.2) is 7.11 Å². The maximum Gasteiger partial charge on any atom is 0.0593 e. The lowest BCUT2D eigenvalue weighted by Crippen LogP contribution is -2.19. The third-order valence-electron chi connectivity index (χ3n) is 1.07. The highest BCUT2D eigenvalue weighted by molar-refractivity contribution is 5.85. The highest BCUT2D eigenvalue weighted by Gasteiger charge is 1.83. The van der Waals surface area contributed by atoms with Crippen molar-refractivity contribution in [1.29, 1.82) is 0 Å². The van der Waals surface area contributed by atoms with E-state index >= 15 is 0 Å². The van der Waals surface area contributed by atoms with Crippen molar-refractivity contribution in [2.24, 2.45) is 0 Å². The third kappa shape index (κ3) is 3.83. The third-order valence-corrected chi connectivity index (χ3v) is 1.07. The lowest BCUT2D eigenvalue weighted by molar-refractivity contribution is 0.111. The maximum atomic E-state index is 4.58. The molecule has 1 aromatic carbocycles. The Morgan fingerprint density at radius 3 is 2.36 bits per heavy atom. The molecule has 0 aliphatic heterocycles. The lowest BCUT2D eigenvalue weighted by Gasteiger charge is -2.03. The summed E-state index contributed by atoms with van der Waals surface area (Å²) in [6.45, 7) is 0. The molecule has 3 nitrogen and oxygen atoms in total. The number of rotatable bonds is 3. The van der Waals surface area contributed by atoms with Gasteiger partial charge in [0.05, 0.1) is 12.8 Å². The Morgan fingerprint density at radius 2 is 1.82 bits per heavy atom. The first-order valence-corrected chi connectivity index (χ1v) is 3.02. The van der Waals surface area contributed by atoms with Gasteiger partial charge in [0.2, 0.25) is 0 Å². The van der Waals surface area contributed by atoms with Gasteiger partial charge in [0.15, 0.2) is 0 Å². The number of halogens is 1. The van der Waals surface area contributed by atoms with Crippen LogP contribution in [0.3, 0.4) is 0 Å². The van der Waals surface area contributed by atoms with E-state index in [1.165, 1.54) is 0 Å². The van der Waals surface area contributed by atoms with Crippen LogP contribution < -0.4 is 11.0 Å². The van der Waals surface area contributed by atoms with Gasteiger partial charge in [-0.05, 0) is 12.1 Å². The molecule has 11 heavy (non-hydrogen) atoms. The van der Waals surface area contributed by atoms with Gasteiger partial charge in [0, 0.05) is 0 Å². The second kappa shape index (κ2) is 5.97. The smallest absolute Gasteiger partial charge is 0.0593 e. The molecule has 62 valence electrons. The van der Waals surface area contributed by atoms with E-state index in [1.54, 1.807) is 7.11 Å². The summed E-state index contributed by atoms with van der Waals surface area (Å²) in [5.41, 5.74) is 6.31. The predicted molar refractivity (Wildman–Crippen MR) is 47.5 cm³/mol. The van der Waals surface area contributed by atoms with Crippen molar-refractivity contribution < 1.29 is 4.84 Å². The number of benzene rings is 1. The lowest BCUT2D eigenvalue weighted by atomic mass is 10.3. The van der Waals surface area contributed by atoms with Crippen LogP contribution in [-0.2, 0) is 4.84 Å². The SMILES string of the molecule is CONNc1ccccc1.Cl. The zero-order chi connectivity index (χ0) is 7.23. The Bertz CT molecular complexity index is 181. The van der Waals surface area contributed by atoms with E-state index in [-0.39, 0.29) is 12.4 Å². The molecule has 0 spiro atoms. The molecule has 0 atom stereocenters. The van der Waals surface area contributed by atoms with Crippen LogP contribution in [0, 0.1) is 0 Å². The monoisotopic (exact) mass is 174 g/mol. The molecule has 2 N–H and O–H groups in total. The molecule has 0 aliphatic rings. The van der Waals surface area contributed by atoms with Crippen LogP contribution in [0.1, 0.15) is 0 Å². The van der Waals surface area contributed by atoms with Gasteiger partial charge in [-0.2, -0.15) is 0 Å². The molecule has 0 saturated carbocycles. The van der Waals surface area contributed by atoms with Gasteiger partial charge in [-0.1, -0.05) is 18.2 Å². The Morgan fingerprint density at radius 1 is 1.18 bits per heavy atom. The number of hydrogen-bond donors (Lipinski definition) is 2. The van der Waals surface area contributed by atoms with E-state index in [4.69, 9.17) is 0 Å². The average Bonchev–Trinajstić information content (AvgIpc) is 2.03. The van der Waals surface area contributed by atoms with Crippen LogP contribution >= 0.6 is 12.4 Å². The van der Waals surface area contributed by atoms with Gasteiger partial charge in [0.25, 0.3) is 0 Å². The fraction of sp³-hybridized carbons (Fsp3) is 0.143. The minimum atomic E-state index is 0. The van der Waals surface area contributed by atoms with Crippen LogP contribution in [0.25, 0.3) is 0 Å². The van der Waals surface area contributed by atoms with Crippen molar-refractivity contribution in [2.45, 2.75) is 0 Å². The molecule has 0 amide bonds. The molecule has 0 radical (unpaired) electrons. The molecule has 0 aliphatic carbocycles. The molecule has 0 heterocycles. The summed E-state index contributed by atoms with van der Waals surface area (Å²) in [6.07, 6.45) is 0. The standard InChI is InChI=1S/C7H10N2O.ClH/c1-10-9-8-7-5-3-2-4-6-7;/h2-6,8-9H,1H3;1H. The van der Waals surface area contributed by atoms with Crippen molar-refractivity contribution in [3.63, 3.8) is 0 Å². The quantitative estimate of drug-likeness (QED) is 0.683.